The molecule has 1 rings (SSSR count). The van der Waals surface area contributed by atoms with E-state index in [9.17, 15) is 9.59 Å². The highest BCUT2D eigenvalue weighted by Crippen LogP contribution is 2.19. The summed E-state index contributed by atoms with van der Waals surface area (Å²) >= 11 is 0. The maximum absolute atomic E-state index is 12.3. The van der Waals surface area contributed by atoms with Gasteiger partial charge in [-0.1, -0.05) is 51.1 Å². The summed E-state index contributed by atoms with van der Waals surface area (Å²) in [5, 5.41) is 8.90. The molecule has 0 saturated heterocycles. The van der Waals surface area contributed by atoms with Crippen LogP contribution in [-0.4, -0.2) is 35.0 Å². The van der Waals surface area contributed by atoms with E-state index in [0.717, 1.165) is 5.56 Å². The molecule has 1 N–H and O–H groups in total. The van der Waals surface area contributed by atoms with E-state index >= 15 is 0 Å². The van der Waals surface area contributed by atoms with Crippen molar-refractivity contribution in [3.63, 3.8) is 0 Å². The van der Waals surface area contributed by atoms with E-state index in [1.54, 1.807) is 0 Å². The van der Waals surface area contributed by atoms with Crippen LogP contribution in [0.25, 0.3) is 0 Å². The van der Waals surface area contributed by atoms with Crippen LogP contribution >= 0.6 is 0 Å². The van der Waals surface area contributed by atoms with Gasteiger partial charge in [-0.05, 0) is 17.4 Å². The summed E-state index contributed by atoms with van der Waals surface area (Å²) in [5.41, 5.74) is 1.10. The molecule has 0 spiro atoms. The lowest BCUT2D eigenvalue weighted by molar-refractivity contribution is -0.145. The van der Waals surface area contributed by atoms with E-state index in [1.807, 2.05) is 51.1 Å². The predicted molar refractivity (Wildman–Crippen MR) is 78.5 cm³/mol. The zero-order valence-corrected chi connectivity index (χ0v) is 12.4. The molecule has 20 heavy (non-hydrogen) atoms. The summed E-state index contributed by atoms with van der Waals surface area (Å²) in [6, 6.07) is 9.80. The minimum atomic E-state index is -0.966. The van der Waals surface area contributed by atoms with Crippen molar-refractivity contribution < 1.29 is 14.7 Å². The molecular formula is C16H23NO3. The Morgan fingerprint density at radius 3 is 2.25 bits per heavy atom. The zero-order chi connectivity index (χ0) is 15.1. The van der Waals surface area contributed by atoms with Gasteiger partial charge in [0.15, 0.2) is 0 Å². The Balaban J connectivity index is 2.67. The summed E-state index contributed by atoms with van der Waals surface area (Å²) < 4.78 is 0. The predicted octanol–water partition coefficient (Wildman–Crippen LogP) is 2.75. The number of amides is 1. The van der Waals surface area contributed by atoms with Crippen molar-refractivity contribution in [2.24, 2.45) is 5.92 Å². The van der Waals surface area contributed by atoms with Crippen molar-refractivity contribution in [3.8, 4) is 0 Å². The summed E-state index contributed by atoms with van der Waals surface area (Å²) in [5.74, 6) is -0.721. The van der Waals surface area contributed by atoms with E-state index in [2.05, 4.69) is 0 Å². The second-order valence-electron chi connectivity index (χ2n) is 5.58. The molecule has 1 unspecified atom stereocenters. The van der Waals surface area contributed by atoms with E-state index in [1.165, 1.54) is 4.90 Å². The first-order valence-electron chi connectivity index (χ1n) is 6.94. The van der Waals surface area contributed by atoms with Crippen LogP contribution < -0.4 is 0 Å². The van der Waals surface area contributed by atoms with Crippen LogP contribution in [0.5, 0.6) is 0 Å². The Kier molecular flexibility index (Phi) is 6.22. The number of carboxylic acid groups (broad SMARTS) is 1. The van der Waals surface area contributed by atoms with Gasteiger partial charge in [0.1, 0.15) is 6.54 Å². The molecule has 0 aliphatic heterocycles. The Morgan fingerprint density at radius 2 is 1.75 bits per heavy atom. The lowest BCUT2D eigenvalue weighted by atomic mass is 9.97. The summed E-state index contributed by atoms with van der Waals surface area (Å²) in [6.07, 6.45) is 0.337. The topological polar surface area (TPSA) is 57.6 Å². The van der Waals surface area contributed by atoms with Gasteiger partial charge >= 0.3 is 5.97 Å². The van der Waals surface area contributed by atoms with Gasteiger partial charge in [-0.25, -0.2) is 0 Å². The van der Waals surface area contributed by atoms with Gasteiger partial charge in [-0.3, -0.25) is 9.59 Å². The Bertz CT molecular complexity index is 442. The second kappa shape index (κ2) is 7.68. The number of nitrogens with zero attached hydrogens (tertiary/aromatic N) is 1. The third-order valence-corrected chi connectivity index (χ3v) is 3.11. The molecule has 4 nitrogen and oxygen atoms in total. The lowest BCUT2D eigenvalue weighted by Gasteiger charge is -2.24. The molecule has 0 aliphatic carbocycles. The summed E-state index contributed by atoms with van der Waals surface area (Å²) in [6.45, 7) is 6.19. The molecule has 0 radical (unpaired) electrons. The zero-order valence-electron chi connectivity index (χ0n) is 12.4. The summed E-state index contributed by atoms with van der Waals surface area (Å²) in [7, 11) is 0. The molecule has 0 fully saturated rings. The van der Waals surface area contributed by atoms with Crippen molar-refractivity contribution in [1.29, 1.82) is 0 Å². The molecular weight excluding hydrogens is 254 g/mol. The standard InChI is InChI=1S/C16H23NO3/c1-12(2)10-17(11-16(19)20)15(18)9-13(3)14-7-5-4-6-8-14/h4-8,12-13H,9-11H2,1-3H3,(H,19,20). The maximum atomic E-state index is 12.3. The molecule has 1 aromatic rings. The number of carbonyl (C=O) groups excluding carboxylic acids is 1. The fourth-order valence-corrected chi connectivity index (χ4v) is 2.15. The van der Waals surface area contributed by atoms with Crippen molar-refractivity contribution in [2.75, 3.05) is 13.1 Å². The quantitative estimate of drug-likeness (QED) is 0.833. The van der Waals surface area contributed by atoms with Crippen molar-refractivity contribution in [2.45, 2.75) is 33.1 Å². The number of hydrogen-bond acceptors (Lipinski definition) is 2. The molecule has 1 amide bonds. The van der Waals surface area contributed by atoms with Crippen LogP contribution in [-0.2, 0) is 9.59 Å². The highest BCUT2D eigenvalue weighted by atomic mass is 16.4. The smallest absolute Gasteiger partial charge is 0.323 e. The number of carbonyl (C=O) groups is 2. The Morgan fingerprint density at radius 1 is 1.15 bits per heavy atom. The van der Waals surface area contributed by atoms with Gasteiger partial charge in [0.2, 0.25) is 5.91 Å². The van der Waals surface area contributed by atoms with Crippen LogP contribution in [0.4, 0.5) is 0 Å². The van der Waals surface area contributed by atoms with Crippen LogP contribution in [0, 0.1) is 5.92 Å². The highest BCUT2D eigenvalue weighted by molar-refractivity contribution is 5.81. The summed E-state index contributed by atoms with van der Waals surface area (Å²) in [4.78, 5) is 24.6. The van der Waals surface area contributed by atoms with Gasteiger partial charge in [-0.2, -0.15) is 0 Å². The van der Waals surface area contributed by atoms with Crippen LogP contribution in [0.15, 0.2) is 30.3 Å². The number of hydrogen-bond donors (Lipinski definition) is 1. The number of benzene rings is 1. The third kappa shape index (κ3) is 5.43. The number of rotatable bonds is 7. The SMILES string of the molecule is CC(C)CN(CC(=O)O)C(=O)CC(C)c1ccccc1. The minimum absolute atomic E-state index is 0.0900. The first-order valence-corrected chi connectivity index (χ1v) is 6.94. The lowest BCUT2D eigenvalue weighted by Crippen LogP contribution is -2.38. The van der Waals surface area contributed by atoms with Gasteiger partial charge in [0.25, 0.3) is 0 Å². The van der Waals surface area contributed by atoms with Gasteiger partial charge < -0.3 is 10.0 Å². The fourth-order valence-electron chi connectivity index (χ4n) is 2.15. The van der Waals surface area contributed by atoms with Gasteiger partial charge in [0, 0.05) is 13.0 Å². The molecule has 1 aromatic carbocycles. The number of aliphatic carboxylic acids is 1. The van der Waals surface area contributed by atoms with Crippen LogP contribution in [0.1, 0.15) is 38.7 Å². The van der Waals surface area contributed by atoms with E-state index in [-0.39, 0.29) is 24.3 Å². The van der Waals surface area contributed by atoms with E-state index < -0.39 is 5.97 Å². The average Bonchev–Trinajstić information content (AvgIpc) is 2.37. The molecule has 0 aromatic heterocycles. The highest BCUT2D eigenvalue weighted by Gasteiger charge is 2.20. The largest absolute Gasteiger partial charge is 0.480 e. The molecule has 1 atom stereocenters. The molecule has 0 aliphatic rings. The Hall–Kier alpha value is -1.84. The second-order valence-corrected chi connectivity index (χ2v) is 5.58. The van der Waals surface area contributed by atoms with E-state index in [0.29, 0.717) is 13.0 Å². The minimum Gasteiger partial charge on any atom is -0.480 e. The van der Waals surface area contributed by atoms with Crippen LogP contribution in [0.2, 0.25) is 0 Å². The normalized spacial score (nSPS) is 12.2. The third-order valence-electron chi connectivity index (χ3n) is 3.11. The Labute approximate surface area is 120 Å². The molecule has 0 heterocycles. The van der Waals surface area contributed by atoms with E-state index in [4.69, 9.17) is 5.11 Å². The molecule has 0 bridgehead atoms. The first kappa shape index (κ1) is 16.2. The average molecular weight is 277 g/mol. The van der Waals surface area contributed by atoms with Gasteiger partial charge in [-0.15, -0.1) is 0 Å². The fraction of sp³-hybridized carbons (Fsp3) is 0.500. The molecule has 4 heteroatoms. The van der Waals surface area contributed by atoms with Crippen molar-refractivity contribution in [3.05, 3.63) is 35.9 Å². The molecule has 0 saturated carbocycles. The maximum Gasteiger partial charge on any atom is 0.323 e. The van der Waals surface area contributed by atoms with Crippen molar-refractivity contribution >= 4 is 11.9 Å². The van der Waals surface area contributed by atoms with Crippen LogP contribution in [0.3, 0.4) is 0 Å². The van der Waals surface area contributed by atoms with Gasteiger partial charge in [0.05, 0.1) is 0 Å². The molecule has 110 valence electrons. The van der Waals surface area contributed by atoms with Crippen molar-refractivity contribution in [1.82, 2.24) is 4.90 Å². The first-order chi connectivity index (χ1) is 9.40. The number of carboxylic acids is 1. The monoisotopic (exact) mass is 277 g/mol.